The molecule has 0 aliphatic heterocycles. The molecule has 0 saturated carbocycles. The second-order valence-electron chi connectivity index (χ2n) is 3.21. The highest BCUT2D eigenvalue weighted by molar-refractivity contribution is 7.98. The zero-order chi connectivity index (χ0) is 10.1. The average Bonchev–Trinajstić information content (AvgIpc) is 2.04. The molecule has 1 amide bonds. The fourth-order valence-corrected chi connectivity index (χ4v) is 1.34. The van der Waals surface area contributed by atoms with Gasteiger partial charge < -0.3 is 11.1 Å². The number of rotatable bonds is 7. The van der Waals surface area contributed by atoms with Crippen molar-refractivity contribution in [1.29, 1.82) is 0 Å². The third kappa shape index (κ3) is 12.1. The third-order valence-electron chi connectivity index (χ3n) is 1.67. The maximum absolute atomic E-state index is 11.1. The van der Waals surface area contributed by atoms with Crippen LogP contribution in [0.2, 0.25) is 0 Å². The van der Waals surface area contributed by atoms with E-state index in [0.29, 0.717) is 13.0 Å². The first kappa shape index (κ1) is 16.5. The van der Waals surface area contributed by atoms with Crippen molar-refractivity contribution in [3.8, 4) is 0 Å². The van der Waals surface area contributed by atoms with Gasteiger partial charge in [-0.15, -0.1) is 12.4 Å². The largest absolute Gasteiger partial charge is 0.356 e. The number of carbonyl (C=O) groups is 1. The molecule has 0 heterocycles. The van der Waals surface area contributed by atoms with Crippen LogP contribution in [-0.4, -0.2) is 30.5 Å². The molecular weight excluding hydrogens is 220 g/mol. The molecule has 3 N–H and O–H groups in total. The number of hydrogen-bond acceptors (Lipinski definition) is 3. The first-order valence-corrected chi connectivity index (χ1v) is 6.07. The van der Waals surface area contributed by atoms with Gasteiger partial charge >= 0.3 is 0 Å². The summed E-state index contributed by atoms with van der Waals surface area (Å²) in [6.45, 7) is 2.65. The van der Waals surface area contributed by atoms with E-state index in [1.54, 1.807) is 11.8 Å². The molecule has 0 fully saturated rings. The quantitative estimate of drug-likeness (QED) is 0.662. The smallest absolute Gasteiger partial charge is 0.220 e. The molecule has 0 bridgehead atoms. The highest BCUT2D eigenvalue weighted by atomic mass is 35.5. The Kier molecular flexibility index (Phi) is 13.1. The molecule has 0 spiro atoms. The van der Waals surface area contributed by atoms with E-state index in [9.17, 15) is 4.79 Å². The molecule has 0 aromatic rings. The SMILES string of the molecule is CSCCCC(=O)NCCC(C)N.Cl. The molecule has 0 rings (SSSR count). The molecule has 86 valence electrons. The van der Waals surface area contributed by atoms with Gasteiger partial charge in [0.1, 0.15) is 0 Å². The molecule has 0 aliphatic rings. The Morgan fingerprint density at radius 3 is 2.71 bits per heavy atom. The van der Waals surface area contributed by atoms with E-state index in [-0.39, 0.29) is 24.4 Å². The number of nitrogens with two attached hydrogens (primary N) is 1. The van der Waals surface area contributed by atoms with Crippen LogP contribution in [0.4, 0.5) is 0 Å². The van der Waals surface area contributed by atoms with Gasteiger partial charge in [0, 0.05) is 19.0 Å². The first-order chi connectivity index (χ1) is 6.16. The van der Waals surface area contributed by atoms with Crippen molar-refractivity contribution in [3.05, 3.63) is 0 Å². The van der Waals surface area contributed by atoms with Crippen LogP contribution in [0.25, 0.3) is 0 Å². The van der Waals surface area contributed by atoms with Crippen molar-refractivity contribution in [2.24, 2.45) is 5.73 Å². The van der Waals surface area contributed by atoms with Crippen molar-refractivity contribution in [2.45, 2.75) is 32.2 Å². The number of nitrogens with one attached hydrogen (secondary N) is 1. The number of hydrogen-bond donors (Lipinski definition) is 2. The van der Waals surface area contributed by atoms with Crippen LogP contribution in [0, 0.1) is 0 Å². The Morgan fingerprint density at radius 1 is 1.57 bits per heavy atom. The summed E-state index contributed by atoms with van der Waals surface area (Å²) in [6.07, 6.45) is 4.51. The highest BCUT2D eigenvalue weighted by Gasteiger charge is 2.00. The van der Waals surface area contributed by atoms with Crippen LogP contribution in [0.5, 0.6) is 0 Å². The Morgan fingerprint density at radius 2 is 2.21 bits per heavy atom. The zero-order valence-corrected chi connectivity index (χ0v) is 10.5. The normalized spacial score (nSPS) is 11.6. The molecule has 0 aromatic heterocycles. The van der Waals surface area contributed by atoms with E-state index in [2.05, 4.69) is 5.32 Å². The molecule has 1 atom stereocenters. The lowest BCUT2D eigenvalue weighted by molar-refractivity contribution is -0.121. The molecule has 3 nitrogen and oxygen atoms in total. The average molecular weight is 241 g/mol. The minimum absolute atomic E-state index is 0. The Balaban J connectivity index is 0. The van der Waals surface area contributed by atoms with Gasteiger partial charge in [0.05, 0.1) is 0 Å². The van der Waals surface area contributed by atoms with Crippen LogP contribution in [0.3, 0.4) is 0 Å². The van der Waals surface area contributed by atoms with Crippen molar-refractivity contribution in [1.82, 2.24) is 5.32 Å². The van der Waals surface area contributed by atoms with Gasteiger partial charge in [-0.2, -0.15) is 11.8 Å². The summed E-state index contributed by atoms with van der Waals surface area (Å²) in [6, 6.07) is 0.173. The summed E-state index contributed by atoms with van der Waals surface area (Å²) in [4.78, 5) is 11.1. The molecule has 0 radical (unpaired) electrons. The van der Waals surface area contributed by atoms with Gasteiger partial charge in [-0.25, -0.2) is 0 Å². The topological polar surface area (TPSA) is 55.1 Å². The maximum Gasteiger partial charge on any atom is 0.220 e. The standard InChI is InChI=1S/C9H20N2OS.ClH/c1-8(10)5-6-11-9(12)4-3-7-13-2;/h8H,3-7,10H2,1-2H3,(H,11,12);1H. The van der Waals surface area contributed by atoms with Gasteiger partial charge in [-0.1, -0.05) is 0 Å². The highest BCUT2D eigenvalue weighted by Crippen LogP contribution is 1.98. The van der Waals surface area contributed by atoms with E-state index >= 15 is 0 Å². The predicted octanol–water partition coefficient (Wildman–Crippen LogP) is 1.40. The molecule has 14 heavy (non-hydrogen) atoms. The Hall–Kier alpha value is 0.0700. The molecule has 5 heteroatoms. The fraction of sp³-hybridized carbons (Fsp3) is 0.889. The van der Waals surface area contributed by atoms with Crippen molar-refractivity contribution >= 4 is 30.1 Å². The Bertz CT molecular complexity index is 145. The maximum atomic E-state index is 11.1. The number of amides is 1. The van der Waals surface area contributed by atoms with E-state index in [1.165, 1.54) is 0 Å². The van der Waals surface area contributed by atoms with Crippen molar-refractivity contribution < 1.29 is 4.79 Å². The molecule has 0 aliphatic carbocycles. The van der Waals surface area contributed by atoms with Crippen LogP contribution >= 0.6 is 24.2 Å². The summed E-state index contributed by atoms with van der Waals surface area (Å²) in [7, 11) is 0. The summed E-state index contributed by atoms with van der Waals surface area (Å²) < 4.78 is 0. The molecule has 1 unspecified atom stereocenters. The van der Waals surface area contributed by atoms with Crippen LogP contribution in [0.15, 0.2) is 0 Å². The minimum atomic E-state index is 0. The van der Waals surface area contributed by atoms with E-state index in [4.69, 9.17) is 5.73 Å². The Labute approximate surface area is 97.0 Å². The van der Waals surface area contributed by atoms with Crippen LogP contribution < -0.4 is 11.1 Å². The van der Waals surface area contributed by atoms with Gasteiger partial charge in [-0.3, -0.25) is 4.79 Å². The molecule has 0 aromatic carbocycles. The molecule has 0 saturated heterocycles. The van der Waals surface area contributed by atoms with Gasteiger partial charge in [0.15, 0.2) is 0 Å². The summed E-state index contributed by atoms with van der Waals surface area (Å²) in [5.74, 6) is 1.20. The second kappa shape index (κ2) is 11.1. The van der Waals surface area contributed by atoms with Gasteiger partial charge in [-0.05, 0) is 31.8 Å². The van der Waals surface area contributed by atoms with Crippen LogP contribution in [-0.2, 0) is 4.79 Å². The van der Waals surface area contributed by atoms with E-state index < -0.39 is 0 Å². The van der Waals surface area contributed by atoms with Crippen LogP contribution in [0.1, 0.15) is 26.2 Å². The zero-order valence-electron chi connectivity index (χ0n) is 8.91. The van der Waals surface area contributed by atoms with Gasteiger partial charge in [0.2, 0.25) is 5.91 Å². The molecular formula is C9H21ClN2OS. The van der Waals surface area contributed by atoms with E-state index in [1.807, 2.05) is 13.2 Å². The monoisotopic (exact) mass is 240 g/mol. The van der Waals surface area contributed by atoms with Crippen molar-refractivity contribution in [2.75, 3.05) is 18.6 Å². The summed E-state index contributed by atoms with van der Waals surface area (Å²) >= 11 is 1.77. The van der Waals surface area contributed by atoms with Gasteiger partial charge in [0.25, 0.3) is 0 Å². The fourth-order valence-electron chi connectivity index (χ4n) is 0.905. The minimum Gasteiger partial charge on any atom is -0.356 e. The second-order valence-corrected chi connectivity index (χ2v) is 4.20. The predicted molar refractivity (Wildman–Crippen MR) is 66.1 cm³/mol. The lowest BCUT2D eigenvalue weighted by Crippen LogP contribution is -2.28. The lowest BCUT2D eigenvalue weighted by atomic mass is 10.2. The third-order valence-corrected chi connectivity index (χ3v) is 2.37. The first-order valence-electron chi connectivity index (χ1n) is 4.68. The summed E-state index contributed by atoms with van der Waals surface area (Å²) in [5, 5.41) is 2.84. The number of halogens is 1. The lowest BCUT2D eigenvalue weighted by Gasteiger charge is -2.06. The van der Waals surface area contributed by atoms with Crippen molar-refractivity contribution in [3.63, 3.8) is 0 Å². The number of carbonyl (C=O) groups excluding carboxylic acids is 1. The number of thioether (sulfide) groups is 1. The van der Waals surface area contributed by atoms with E-state index in [0.717, 1.165) is 18.6 Å². The summed E-state index contributed by atoms with van der Waals surface area (Å²) in [5.41, 5.74) is 5.55.